The molecule has 0 saturated carbocycles. The quantitative estimate of drug-likeness (QED) is 0.0910. The number of fused-ring (bicyclic) bond motifs is 4. The number of hydrogen-bond donors (Lipinski definition) is 1. The van der Waals surface area contributed by atoms with E-state index in [2.05, 4.69) is 129 Å². The van der Waals surface area contributed by atoms with E-state index >= 15 is 0 Å². The first kappa shape index (κ1) is 39.1. The van der Waals surface area contributed by atoms with Gasteiger partial charge in [-0.3, -0.25) is 9.78 Å². The molecule has 5 nitrogen and oxygen atoms in total. The van der Waals surface area contributed by atoms with Gasteiger partial charge in [-0.15, -0.1) is 29.7 Å². The number of hydrogen-bond acceptors (Lipinski definition) is 5. The molecular weight excluding hydrogens is 773 g/mol. The average molecular weight is 826 g/mol. The van der Waals surface area contributed by atoms with E-state index in [0.29, 0.717) is 23.7 Å². The molecule has 2 aromatic heterocycles. The maximum Gasteiger partial charge on any atom is 0.162 e. The Morgan fingerprint density at radius 2 is 1.48 bits per heavy atom. The number of carbonyl (C=O) groups excluding carboxylic acids is 1. The standard InChI is InChI=1S/C25H21N2O.C17H32O2.Ir/c1-25(2,3)14-16-8-11-20-21(12-16)28-24-22(26-15-27-23(20)24)19-10-9-17-6-4-5-7-18(17)13-19;1-10(2)16(11(3)4)14(18)9-15(19)17(12(5)6)13(7)8;/h4-12,15H,14H2,1-3H3;9-13,16-18H,1-8H3;/q-1;;/b;14-9-;. The summed E-state index contributed by atoms with van der Waals surface area (Å²) in [7, 11) is 0. The van der Waals surface area contributed by atoms with E-state index in [1.807, 2.05) is 18.2 Å². The largest absolute Gasteiger partial charge is 0.512 e. The molecule has 0 atom stereocenters. The molecule has 0 bridgehead atoms. The van der Waals surface area contributed by atoms with Crippen molar-refractivity contribution in [2.75, 3.05) is 0 Å². The van der Waals surface area contributed by atoms with Crippen molar-refractivity contribution < 1.29 is 34.4 Å². The van der Waals surface area contributed by atoms with E-state index in [-0.39, 0.29) is 48.9 Å². The number of furan rings is 1. The van der Waals surface area contributed by atoms with Gasteiger partial charge in [0.25, 0.3) is 0 Å². The van der Waals surface area contributed by atoms with E-state index in [1.54, 1.807) is 6.33 Å². The summed E-state index contributed by atoms with van der Waals surface area (Å²) in [6.45, 7) is 23.3. The Morgan fingerprint density at radius 1 is 0.854 bits per heavy atom. The molecule has 0 unspecified atom stereocenters. The Morgan fingerprint density at radius 3 is 2.08 bits per heavy atom. The van der Waals surface area contributed by atoms with Gasteiger partial charge in [0.1, 0.15) is 23.0 Å². The van der Waals surface area contributed by atoms with Crippen molar-refractivity contribution in [3.8, 4) is 11.3 Å². The van der Waals surface area contributed by atoms with Crippen LogP contribution in [-0.4, -0.2) is 20.9 Å². The Balaban J connectivity index is 0.000000278. The summed E-state index contributed by atoms with van der Waals surface area (Å²) in [5.41, 5.74) is 5.63. The van der Waals surface area contributed by atoms with Crippen molar-refractivity contribution in [1.29, 1.82) is 0 Å². The Hall–Kier alpha value is -3.34. The summed E-state index contributed by atoms with van der Waals surface area (Å²) in [6.07, 6.45) is 4.09. The molecule has 0 aliphatic rings. The van der Waals surface area contributed by atoms with Crippen molar-refractivity contribution in [2.45, 2.75) is 82.6 Å². The minimum Gasteiger partial charge on any atom is -0.512 e. The van der Waals surface area contributed by atoms with Crippen molar-refractivity contribution in [1.82, 2.24) is 9.97 Å². The van der Waals surface area contributed by atoms with E-state index in [1.165, 1.54) is 11.6 Å². The van der Waals surface area contributed by atoms with Gasteiger partial charge in [0.05, 0.1) is 11.5 Å². The van der Waals surface area contributed by atoms with Gasteiger partial charge >= 0.3 is 0 Å². The fourth-order valence-electron chi connectivity index (χ4n) is 7.01. The summed E-state index contributed by atoms with van der Waals surface area (Å²) in [5, 5.41) is 13.5. The number of benzene rings is 3. The zero-order chi connectivity index (χ0) is 34.6. The molecule has 259 valence electrons. The minimum absolute atomic E-state index is 0. The molecule has 0 aliphatic heterocycles. The van der Waals surface area contributed by atoms with Crippen LogP contribution in [0.5, 0.6) is 0 Å². The first-order valence-corrected chi connectivity index (χ1v) is 17.1. The molecule has 3 aromatic carbocycles. The third-order valence-corrected chi connectivity index (χ3v) is 8.80. The molecule has 1 N–H and O–H groups in total. The number of rotatable bonds is 9. The third-order valence-electron chi connectivity index (χ3n) is 8.80. The van der Waals surface area contributed by atoms with Crippen LogP contribution in [0.4, 0.5) is 0 Å². The smallest absolute Gasteiger partial charge is 0.162 e. The molecule has 0 saturated heterocycles. The normalized spacial score (nSPS) is 12.6. The minimum atomic E-state index is -0.0119. The van der Waals surface area contributed by atoms with E-state index in [4.69, 9.17) is 4.42 Å². The van der Waals surface area contributed by atoms with Crippen LogP contribution in [0.15, 0.2) is 77.2 Å². The van der Waals surface area contributed by atoms with Gasteiger partial charge in [-0.05, 0) is 53.2 Å². The summed E-state index contributed by atoms with van der Waals surface area (Å²) >= 11 is 0. The molecule has 6 heteroatoms. The Labute approximate surface area is 301 Å². The Bertz CT molecular complexity index is 1840. The second-order valence-corrected chi connectivity index (χ2v) is 15.5. The van der Waals surface area contributed by atoms with Gasteiger partial charge < -0.3 is 9.52 Å². The molecule has 5 rings (SSSR count). The van der Waals surface area contributed by atoms with Crippen LogP contribution in [0.3, 0.4) is 0 Å². The van der Waals surface area contributed by atoms with Crippen LogP contribution in [0.1, 0.15) is 81.7 Å². The van der Waals surface area contributed by atoms with Crippen LogP contribution < -0.4 is 0 Å². The van der Waals surface area contributed by atoms with Crippen LogP contribution in [0, 0.1) is 47.0 Å². The molecule has 0 aliphatic carbocycles. The number of allylic oxidation sites excluding steroid dienone is 2. The monoisotopic (exact) mass is 826 g/mol. The molecule has 0 fully saturated rings. The summed E-state index contributed by atoms with van der Waals surface area (Å²) in [6, 6.07) is 22.2. The number of ketones is 1. The summed E-state index contributed by atoms with van der Waals surface area (Å²) in [5.74, 6) is 1.63. The van der Waals surface area contributed by atoms with Gasteiger partial charge in [0.15, 0.2) is 5.78 Å². The number of carbonyl (C=O) groups is 1. The van der Waals surface area contributed by atoms with Gasteiger partial charge in [-0.25, -0.2) is 4.98 Å². The molecule has 5 aromatic rings. The van der Waals surface area contributed by atoms with Crippen LogP contribution in [0.2, 0.25) is 0 Å². The number of aliphatic hydroxyl groups is 1. The molecule has 2 heterocycles. The van der Waals surface area contributed by atoms with Crippen LogP contribution in [-0.2, 0) is 31.3 Å². The number of aromatic nitrogens is 2. The zero-order valence-corrected chi connectivity index (χ0v) is 32.9. The molecule has 48 heavy (non-hydrogen) atoms. The number of nitrogens with zero attached hydrogens (tertiary/aromatic N) is 2. The maximum absolute atomic E-state index is 12.3. The average Bonchev–Trinajstić information content (AvgIpc) is 3.33. The summed E-state index contributed by atoms with van der Waals surface area (Å²) in [4.78, 5) is 21.4. The first-order chi connectivity index (χ1) is 22.1. The number of aliphatic hydroxyl groups excluding tert-OH is 1. The van der Waals surface area contributed by atoms with E-state index < -0.39 is 0 Å². The zero-order valence-electron chi connectivity index (χ0n) is 30.5. The molecule has 0 amide bonds. The first-order valence-electron chi connectivity index (χ1n) is 17.1. The SMILES string of the molecule is CC(C)(C)Cc1ccc2c(c1)oc1c(-c3[c-]c4ccccc4cc3)ncnc12.CC(C)C(C(=O)/C=C(\O)C(C(C)C)C(C)C)C(C)C.[Ir]. The Kier molecular flexibility index (Phi) is 13.3. The van der Waals surface area contributed by atoms with Crippen LogP contribution in [0.25, 0.3) is 44.1 Å². The molecule has 1 radical (unpaired) electrons. The van der Waals surface area contributed by atoms with Crippen molar-refractivity contribution in [3.05, 3.63) is 84.4 Å². The predicted molar refractivity (Wildman–Crippen MR) is 196 cm³/mol. The van der Waals surface area contributed by atoms with E-state index in [0.717, 1.165) is 50.5 Å². The van der Waals surface area contributed by atoms with Crippen molar-refractivity contribution >= 4 is 38.6 Å². The molecular formula is C42H53IrN2O3-. The third kappa shape index (κ3) is 9.42. The maximum atomic E-state index is 12.3. The van der Waals surface area contributed by atoms with Gasteiger partial charge in [0, 0.05) is 43.4 Å². The van der Waals surface area contributed by atoms with Crippen molar-refractivity contribution in [2.24, 2.45) is 40.9 Å². The van der Waals surface area contributed by atoms with Gasteiger partial charge in [-0.2, -0.15) is 0 Å². The van der Waals surface area contributed by atoms with Gasteiger partial charge in [-0.1, -0.05) is 111 Å². The van der Waals surface area contributed by atoms with Crippen molar-refractivity contribution in [3.63, 3.8) is 0 Å². The second kappa shape index (κ2) is 16.4. The fraction of sp³-hybridized carbons (Fsp3) is 0.452. The van der Waals surface area contributed by atoms with E-state index in [9.17, 15) is 9.90 Å². The second-order valence-electron chi connectivity index (χ2n) is 15.5. The summed E-state index contributed by atoms with van der Waals surface area (Å²) < 4.78 is 6.26. The molecule has 0 spiro atoms. The van der Waals surface area contributed by atoms with Crippen LogP contribution >= 0.6 is 0 Å². The topological polar surface area (TPSA) is 76.2 Å². The predicted octanol–water partition coefficient (Wildman–Crippen LogP) is 11.4. The van der Waals surface area contributed by atoms with Gasteiger partial charge in [0.2, 0.25) is 0 Å². The fourth-order valence-corrected chi connectivity index (χ4v) is 7.01.